The van der Waals surface area contributed by atoms with Gasteiger partial charge in [0.25, 0.3) is 0 Å². The van der Waals surface area contributed by atoms with E-state index in [1.807, 2.05) is 70.5 Å². The van der Waals surface area contributed by atoms with Gasteiger partial charge >= 0.3 is 0 Å². The number of aryl methyl sites for hydroxylation is 1. The first-order valence-corrected chi connectivity index (χ1v) is 29.7. The summed E-state index contributed by atoms with van der Waals surface area (Å²) in [6, 6.07) is 10.3. The number of hydrogen-bond acceptors (Lipinski definition) is 16. The number of piperazine rings is 2. The highest BCUT2D eigenvalue weighted by Crippen LogP contribution is 2.35. The number of ether oxygens (including phenoxy) is 1. The van der Waals surface area contributed by atoms with E-state index >= 15 is 8.78 Å². The maximum Gasteiger partial charge on any atom is 0.246 e. The minimum atomic E-state index is -0.959. The van der Waals surface area contributed by atoms with E-state index < -0.39 is 52.6 Å². The van der Waals surface area contributed by atoms with Crippen LogP contribution in [0.4, 0.5) is 26.1 Å². The minimum absolute atomic E-state index is 0.0153. The molecule has 2 aromatic carbocycles. The molecule has 4 aromatic rings. The molecule has 5 N–H and O–H groups in total. The molecule has 0 unspecified atom stereocenters. The first-order chi connectivity index (χ1) is 38.6. The van der Waals surface area contributed by atoms with Crippen LogP contribution < -0.4 is 31.1 Å². The van der Waals surface area contributed by atoms with Crippen molar-refractivity contribution in [2.75, 3.05) is 120 Å². The van der Waals surface area contributed by atoms with Crippen LogP contribution in [0.15, 0.2) is 54.3 Å². The van der Waals surface area contributed by atoms with E-state index in [-0.39, 0.29) is 55.1 Å². The summed E-state index contributed by atoms with van der Waals surface area (Å²) >= 11 is 1.57. The monoisotopic (exact) mass is 1140 g/mol. The van der Waals surface area contributed by atoms with Crippen LogP contribution in [0.3, 0.4) is 0 Å². The van der Waals surface area contributed by atoms with Crippen LogP contribution in [0.5, 0.6) is 0 Å². The molecular weight excluding hydrogens is 1060 g/mol. The van der Waals surface area contributed by atoms with Gasteiger partial charge in [0.2, 0.25) is 23.6 Å². The number of piperidine rings is 2. The van der Waals surface area contributed by atoms with Gasteiger partial charge in [0, 0.05) is 103 Å². The third kappa shape index (κ3) is 15.2. The molecule has 2 aromatic heterocycles. The Balaban J connectivity index is 0.665. The number of halogens is 2. The average molecular weight is 1140 g/mol. The Kier molecular flexibility index (Phi) is 18.9. The Hall–Kier alpha value is -5.91. The number of carbonyl (C=O) groups excluding carboxylic acids is 4. The van der Waals surface area contributed by atoms with E-state index in [1.165, 1.54) is 17.0 Å². The van der Waals surface area contributed by atoms with Crippen molar-refractivity contribution in [1.82, 2.24) is 50.5 Å². The number of nitrogens with one attached hydrogen (secondary N) is 4. The van der Waals surface area contributed by atoms with Crippen molar-refractivity contribution in [2.45, 2.75) is 117 Å². The summed E-state index contributed by atoms with van der Waals surface area (Å²) in [5.74, 6) is -0.886. The summed E-state index contributed by atoms with van der Waals surface area (Å²) in [5, 5.41) is 23.3. The number of rotatable bonds is 19. The lowest BCUT2D eigenvalue weighted by Crippen LogP contribution is -2.66. The van der Waals surface area contributed by atoms with Crippen LogP contribution in [0.2, 0.25) is 0 Å². The molecule has 7 heterocycles. The lowest BCUT2D eigenvalue weighted by molar-refractivity contribution is -0.144. The van der Waals surface area contributed by atoms with Crippen LogP contribution in [0.25, 0.3) is 10.4 Å². The van der Waals surface area contributed by atoms with Crippen LogP contribution >= 0.6 is 11.3 Å². The fourth-order valence-corrected chi connectivity index (χ4v) is 12.7. The zero-order chi connectivity index (χ0) is 57.6. The number of carbonyl (C=O) groups is 4. The zero-order valence-corrected chi connectivity index (χ0v) is 49.1. The van der Waals surface area contributed by atoms with E-state index in [9.17, 15) is 24.3 Å². The number of aliphatic hydroxyl groups excluding tert-OH is 1. The van der Waals surface area contributed by atoms with Gasteiger partial charge in [-0.2, -0.15) is 0 Å². The van der Waals surface area contributed by atoms with Crippen molar-refractivity contribution in [1.29, 1.82) is 0 Å². The molecule has 0 aliphatic carbocycles. The van der Waals surface area contributed by atoms with Gasteiger partial charge in [-0.15, -0.1) is 11.3 Å². The molecular formula is C59H83F2N13O6S. The van der Waals surface area contributed by atoms with E-state index in [1.54, 1.807) is 22.6 Å². The van der Waals surface area contributed by atoms with Crippen LogP contribution in [0, 0.1) is 29.4 Å². The Morgan fingerprint density at radius 1 is 0.877 bits per heavy atom. The average Bonchev–Trinajstić information content (AvgIpc) is 4.09. The molecule has 5 aliphatic heterocycles. The highest BCUT2D eigenvalue weighted by molar-refractivity contribution is 7.13. The van der Waals surface area contributed by atoms with Gasteiger partial charge in [-0.05, 0) is 80.6 Å². The SMILES string of the molecule is Cc1ncsc1-c1ccc([C@H](C)NC(=O)[C@@H]2C[C@@H](O)CN2C(=O)[C@@H](NC(=O)COCCN2CCN(CCNc3cc(N4CCC5(CC4)CN(c4cc(F)c(CN6CCC(C)(C)CC6)cc4F)CC(=O)N5)ncn3)CC2)C(C)(C)C)cc1. The Morgan fingerprint density at radius 2 is 1.58 bits per heavy atom. The second-order valence-corrected chi connectivity index (χ2v) is 25.7. The second kappa shape index (κ2) is 25.7. The number of amides is 4. The number of benzene rings is 2. The first-order valence-electron chi connectivity index (χ1n) is 28.8. The predicted octanol–water partition coefficient (Wildman–Crippen LogP) is 5.20. The Morgan fingerprint density at radius 3 is 2.26 bits per heavy atom. The Bertz CT molecular complexity index is 2830. The summed E-state index contributed by atoms with van der Waals surface area (Å²) in [7, 11) is 0. The van der Waals surface area contributed by atoms with Crippen molar-refractivity contribution in [3.8, 4) is 10.4 Å². The highest BCUT2D eigenvalue weighted by atomic mass is 32.1. The van der Waals surface area contributed by atoms with Crippen molar-refractivity contribution < 1.29 is 37.8 Å². The number of aliphatic hydroxyl groups is 1. The molecule has 4 atom stereocenters. The quantitative estimate of drug-likeness (QED) is 0.0767. The molecule has 19 nitrogen and oxygen atoms in total. The van der Waals surface area contributed by atoms with Crippen molar-refractivity contribution >= 4 is 52.3 Å². The molecule has 5 aliphatic rings. The molecule has 440 valence electrons. The smallest absolute Gasteiger partial charge is 0.246 e. The second-order valence-electron chi connectivity index (χ2n) is 24.8. The van der Waals surface area contributed by atoms with Crippen LogP contribution in [-0.2, 0) is 30.5 Å². The molecule has 22 heteroatoms. The largest absolute Gasteiger partial charge is 0.391 e. The van der Waals surface area contributed by atoms with Gasteiger partial charge in [-0.1, -0.05) is 58.9 Å². The number of anilines is 3. The summed E-state index contributed by atoms with van der Waals surface area (Å²) in [6.45, 7) is 23.2. The molecule has 4 amide bonds. The summed E-state index contributed by atoms with van der Waals surface area (Å²) in [5.41, 5.74) is 4.18. The van der Waals surface area contributed by atoms with E-state index in [4.69, 9.17) is 4.74 Å². The van der Waals surface area contributed by atoms with Gasteiger partial charge in [-0.25, -0.2) is 23.7 Å². The standard InChI is InChI=1S/C59H83F2N13O6S/c1-39(41-8-10-42(11-9-41)53-40(2)65-38-81-53)66-55(78)48-29-44(75)33-74(48)56(79)54(57(3,4)5)67-52(77)35-80-27-26-70-24-22-69(23-25-70)21-16-62-49-31-50(64-37-63-49)72-19-14-59(15-20-72)36-73(34-51(76)68-59)47-30-45(60)43(28-46(47)61)32-71-17-12-58(6,7)13-18-71/h8-11,28,30-31,37-39,44,48,54,75H,12-27,29,32-36H2,1-7H3,(H,66,78)(H,67,77)(H,68,76)(H,62,63,64)/t39-,44+,48-,54+/m0/s1. The molecule has 1 spiro atoms. The molecule has 0 radical (unpaired) electrons. The Labute approximate surface area is 479 Å². The highest BCUT2D eigenvalue weighted by Gasteiger charge is 2.46. The van der Waals surface area contributed by atoms with E-state index in [2.05, 4.69) is 69.7 Å². The summed E-state index contributed by atoms with van der Waals surface area (Å²) in [4.78, 5) is 80.9. The molecule has 81 heavy (non-hydrogen) atoms. The predicted molar refractivity (Wildman–Crippen MR) is 310 cm³/mol. The van der Waals surface area contributed by atoms with Gasteiger partial charge in [0.1, 0.15) is 48.3 Å². The van der Waals surface area contributed by atoms with Gasteiger partial charge < -0.3 is 45.8 Å². The number of hydrogen-bond donors (Lipinski definition) is 5. The third-order valence-corrected chi connectivity index (χ3v) is 18.0. The van der Waals surface area contributed by atoms with Crippen LogP contribution in [-0.4, -0.2) is 192 Å². The fourth-order valence-electron chi connectivity index (χ4n) is 11.9. The maximum absolute atomic E-state index is 15.7. The molecule has 9 rings (SSSR count). The molecule has 5 saturated heterocycles. The maximum atomic E-state index is 15.7. The third-order valence-electron chi connectivity index (χ3n) is 17.0. The van der Waals surface area contributed by atoms with Gasteiger partial charge in [-0.3, -0.25) is 33.9 Å². The van der Waals surface area contributed by atoms with Crippen molar-refractivity contribution in [3.05, 3.63) is 82.8 Å². The van der Waals surface area contributed by atoms with Gasteiger partial charge in [0.15, 0.2) is 0 Å². The topological polar surface area (TPSA) is 204 Å². The molecule has 5 fully saturated rings. The number of thiazole rings is 1. The zero-order valence-electron chi connectivity index (χ0n) is 48.2. The molecule has 0 saturated carbocycles. The fraction of sp³-hybridized carbons (Fsp3) is 0.610. The summed E-state index contributed by atoms with van der Waals surface area (Å²) < 4.78 is 37.1. The minimum Gasteiger partial charge on any atom is -0.391 e. The van der Waals surface area contributed by atoms with E-state index in [0.717, 1.165) is 86.2 Å². The van der Waals surface area contributed by atoms with Crippen LogP contribution in [0.1, 0.15) is 96.5 Å². The van der Waals surface area contributed by atoms with Gasteiger partial charge in [0.05, 0.1) is 52.6 Å². The number of likely N-dealkylation sites (tertiary alicyclic amines) is 2. The normalized spacial score (nSPS) is 21.7. The number of nitrogens with zero attached hydrogens (tertiary/aromatic N) is 9. The van der Waals surface area contributed by atoms with Crippen molar-refractivity contribution in [2.24, 2.45) is 10.8 Å². The lowest BCUT2D eigenvalue weighted by Gasteiger charge is -2.48. The lowest BCUT2D eigenvalue weighted by atomic mass is 9.82. The summed E-state index contributed by atoms with van der Waals surface area (Å²) in [6.07, 6.45) is 4.04. The number of aromatic nitrogens is 3. The van der Waals surface area contributed by atoms with E-state index in [0.29, 0.717) is 70.1 Å². The molecule has 0 bridgehead atoms. The van der Waals surface area contributed by atoms with Crippen molar-refractivity contribution in [3.63, 3.8) is 0 Å². The first kappa shape index (κ1) is 59.7. The number of β-amino-alcohol motifs (C(OH)–C–C–N with tert-alkyl or cyclic N) is 1.